The molecule has 2 aromatic heterocycles. The Kier molecular flexibility index (Phi) is 4.42. The van der Waals surface area contributed by atoms with E-state index < -0.39 is 0 Å². The Balaban J connectivity index is 1.79. The maximum Gasteiger partial charge on any atom is 0.253 e. The number of allylic oxidation sites excluding steroid dienone is 1. The van der Waals surface area contributed by atoms with E-state index in [2.05, 4.69) is 11.6 Å². The van der Waals surface area contributed by atoms with E-state index in [4.69, 9.17) is 9.47 Å². The summed E-state index contributed by atoms with van der Waals surface area (Å²) in [5.74, 6) is 1.32. The summed E-state index contributed by atoms with van der Waals surface area (Å²) >= 11 is 3.04. The number of benzene rings is 1. The number of thiophene rings is 1. The molecular weight excluding hydrogens is 356 g/mol. The van der Waals surface area contributed by atoms with Crippen molar-refractivity contribution in [1.29, 1.82) is 0 Å². The number of nitrogens with zero attached hydrogens (tertiary/aromatic N) is 2. The minimum Gasteiger partial charge on any atom is -0.486 e. The summed E-state index contributed by atoms with van der Waals surface area (Å²) in [6.45, 7) is 5.48. The van der Waals surface area contributed by atoms with E-state index in [-0.39, 0.29) is 5.91 Å². The van der Waals surface area contributed by atoms with Crippen LogP contribution in [0.15, 0.2) is 47.3 Å². The van der Waals surface area contributed by atoms with Gasteiger partial charge in [0, 0.05) is 23.6 Å². The predicted octanol–water partition coefficient (Wildman–Crippen LogP) is 3.39. The van der Waals surface area contributed by atoms with Crippen molar-refractivity contribution < 1.29 is 14.3 Å². The van der Waals surface area contributed by atoms with Crippen LogP contribution in [-0.2, 0) is 17.8 Å². The topological polar surface area (TPSA) is 52.8 Å². The average molecular weight is 372 g/mol. The van der Waals surface area contributed by atoms with Gasteiger partial charge in [-0.15, -0.1) is 17.9 Å². The molecule has 7 heteroatoms. The minimum atomic E-state index is -0.149. The van der Waals surface area contributed by atoms with Crippen LogP contribution in [0.5, 0.6) is 11.5 Å². The van der Waals surface area contributed by atoms with Crippen LogP contribution in [0.25, 0.3) is 10.2 Å². The zero-order chi connectivity index (χ0) is 17.2. The molecule has 4 rings (SSSR count). The van der Waals surface area contributed by atoms with Crippen LogP contribution in [0.3, 0.4) is 0 Å². The number of thiazole rings is 1. The van der Waals surface area contributed by atoms with Gasteiger partial charge in [0.1, 0.15) is 13.2 Å². The van der Waals surface area contributed by atoms with Gasteiger partial charge in [-0.1, -0.05) is 23.5 Å². The highest BCUT2D eigenvalue weighted by molar-refractivity contribution is 7.16. The number of fused-ring (bicyclic) bond motifs is 2. The number of carbonyl (C=O) groups is 1. The van der Waals surface area contributed by atoms with Crippen molar-refractivity contribution in [2.45, 2.75) is 13.0 Å². The molecule has 0 radical (unpaired) electrons. The minimum absolute atomic E-state index is 0.149. The van der Waals surface area contributed by atoms with Crippen molar-refractivity contribution in [1.82, 2.24) is 4.57 Å². The lowest BCUT2D eigenvalue weighted by Crippen LogP contribution is -2.17. The monoisotopic (exact) mass is 372 g/mol. The molecule has 1 aliphatic rings. The molecule has 3 heterocycles. The van der Waals surface area contributed by atoms with Gasteiger partial charge in [0.05, 0.1) is 16.6 Å². The van der Waals surface area contributed by atoms with E-state index in [0.717, 1.165) is 26.6 Å². The first kappa shape index (κ1) is 16.1. The lowest BCUT2D eigenvalue weighted by molar-refractivity contribution is -0.117. The maximum atomic E-state index is 12.3. The number of ether oxygens (including phenoxy) is 2. The summed E-state index contributed by atoms with van der Waals surface area (Å²) in [6.07, 6.45) is 2.12. The van der Waals surface area contributed by atoms with Crippen molar-refractivity contribution in [3.8, 4) is 11.5 Å². The van der Waals surface area contributed by atoms with Crippen LogP contribution in [0, 0.1) is 0 Å². The van der Waals surface area contributed by atoms with Crippen LogP contribution >= 0.6 is 22.7 Å². The van der Waals surface area contributed by atoms with E-state index >= 15 is 0 Å². The summed E-state index contributed by atoms with van der Waals surface area (Å²) in [6, 6.07) is 7.79. The SMILES string of the molecule is C=CCn1c(=NC(=O)Cc2cccs2)sc2cc3c(cc21)OCCO3. The summed E-state index contributed by atoms with van der Waals surface area (Å²) in [4.78, 5) is 18.3. The van der Waals surface area contributed by atoms with Crippen molar-refractivity contribution in [2.75, 3.05) is 13.2 Å². The molecule has 1 amide bonds. The van der Waals surface area contributed by atoms with Gasteiger partial charge < -0.3 is 14.0 Å². The van der Waals surface area contributed by atoms with Crippen LogP contribution in [-0.4, -0.2) is 23.7 Å². The molecule has 0 atom stereocenters. The first-order valence-corrected chi connectivity index (χ1v) is 9.58. The molecule has 0 saturated heterocycles. The molecule has 5 nitrogen and oxygen atoms in total. The summed E-state index contributed by atoms with van der Waals surface area (Å²) in [5, 5.41) is 1.96. The van der Waals surface area contributed by atoms with Crippen molar-refractivity contribution in [2.24, 2.45) is 4.99 Å². The first-order chi connectivity index (χ1) is 12.2. The zero-order valence-electron chi connectivity index (χ0n) is 13.4. The fourth-order valence-corrected chi connectivity index (χ4v) is 4.47. The van der Waals surface area contributed by atoms with Gasteiger partial charge in [-0.3, -0.25) is 4.79 Å². The Hall–Kier alpha value is -2.38. The highest BCUT2D eigenvalue weighted by Crippen LogP contribution is 2.35. The largest absolute Gasteiger partial charge is 0.486 e. The number of hydrogen-bond donors (Lipinski definition) is 0. The predicted molar refractivity (Wildman–Crippen MR) is 99.6 cm³/mol. The van der Waals surface area contributed by atoms with Gasteiger partial charge in [0.25, 0.3) is 5.91 Å². The molecular formula is C18H16N2O3S2. The fourth-order valence-electron chi connectivity index (χ4n) is 2.71. The molecule has 0 saturated carbocycles. The fraction of sp³-hybridized carbons (Fsp3) is 0.222. The molecule has 3 aromatic rings. The van der Waals surface area contributed by atoms with Gasteiger partial charge in [-0.2, -0.15) is 4.99 Å². The number of amides is 1. The number of rotatable bonds is 4. The molecule has 0 unspecified atom stereocenters. The Morgan fingerprint density at radius 2 is 2.12 bits per heavy atom. The molecule has 25 heavy (non-hydrogen) atoms. The van der Waals surface area contributed by atoms with Gasteiger partial charge in [0.15, 0.2) is 16.3 Å². The van der Waals surface area contributed by atoms with Gasteiger partial charge in [-0.25, -0.2) is 0 Å². The Labute approximate surface area is 152 Å². The van der Waals surface area contributed by atoms with Gasteiger partial charge in [0.2, 0.25) is 0 Å². The Morgan fingerprint density at radius 3 is 2.84 bits per heavy atom. The second-order valence-electron chi connectivity index (χ2n) is 5.51. The Bertz CT molecular complexity index is 999. The van der Waals surface area contributed by atoms with Crippen LogP contribution < -0.4 is 14.3 Å². The lowest BCUT2D eigenvalue weighted by atomic mass is 10.2. The number of hydrogen-bond acceptors (Lipinski definition) is 5. The summed E-state index contributed by atoms with van der Waals surface area (Å²) < 4.78 is 14.3. The molecule has 1 aromatic carbocycles. The molecule has 1 aliphatic heterocycles. The number of carbonyl (C=O) groups excluding carboxylic acids is 1. The van der Waals surface area contributed by atoms with Crippen molar-refractivity contribution in [3.63, 3.8) is 0 Å². The van der Waals surface area contributed by atoms with Crippen LogP contribution in [0.4, 0.5) is 0 Å². The van der Waals surface area contributed by atoms with E-state index in [1.807, 2.05) is 34.2 Å². The van der Waals surface area contributed by atoms with Gasteiger partial charge in [-0.05, 0) is 11.4 Å². The molecule has 0 bridgehead atoms. The van der Waals surface area contributed by atoms with E-state index in [1.165, 1.54) is 11.3 Å². The smallest absolute Gasteiger partial charge is 0.253 e. The zero-order valence-corrected chi connectivity index (χ0v) is 15.1. The van der Waals surface area contributed by atoms with E-state index in [1.54, 1.807) is 17.4 Å². The van der Waals surface area contributed by atoms with Crippen molar-refractivity contribution in [3.05, 3.63) is 52.0 Å². The molecule has 0 spiro atoms. The molecule has 0 fully saturated rings. The van der Waals surface area contributed by atoms with E-state index in [9.17, 15) is 4.79 Å². The highest BCUT2D eigenvalue weighted by Gasteiger charge is 2.16. The van der Waals surface area contributed by atoms with Crippen molar-refractivity contribution >= 4 is 38.8 Å². The Morgan fingerprint density at radius 1 is 1.32 bits per heavy atom. The standard InChI is InChI=1S/C18H16N2O3S2/c1-2-5-20-13-10-14-15(23-7-6-22-14)11-16(13)25-18(20)19-17(21)9-12-4-3-8-24-12/h2-4,8,10-11H,1,5-7,9H2. The second kappa shape index (κ2) is 6.85. The van der Waals surface area contributed by atoms with E-state index in [0.29, 0.717) is 31.0 Å². The highest BCUT2D eigenvalue weighted by atomic mass is 32.1. The summed E-state index contributed by atoms with van der Waals surface area (Å²) in [5.41, 5.74) is 0.969. The van der Waals surface area contributed by atoms with Crippen LogP contribution in [0.2, 0.25) is 0 Å². The molecule has 0 N–H and O–H groups in total. The van der Waals surface area contributed by atoms with Gasteiger partial charge >= 0.3 is 0 Å². The normalized spacial score (nSPS) is 14.0. The molecule has 128 valence electrons. The number of aromatic nitrogens is 1. The summed E-state index contributed by atoms with van der Waals surface area (Å²) in [7, 11) is 0. The quantitative estimate of drug-likeness (QED) is 0.660. The third-order valence-corrected chi connectivity index (χ3v) is 5.70. The molecule has 0 aliphatic carbocycles. The maximum absolute atomic E-state index is 12.3. The second-order valence-corrected chi connectivity index (χ2v) is 7.55. The van der Waals surface area contributed by atoms with Crippen LogP contribution in [0.1, 0.15) is 4.88 Å². The third kappa shape index (κ3) is 3.25. The lowest BCUT2D eigenvalue weighted by Gasteiger charge is -2.18. The first-order valence-electron chi connectivity index (χ1n) is 7.88. The average Bonchev–Trinajstić information content (AvgIpc) is 3.22. The third-order valence-electron chi connectivity index (χ3n) is 3.78.